The number of piperazine rings is 1. The lowest BCUT2D eigenvalue weighted by molar-refractivity contribution is -0.123. The van der Waals surface area contributed by atoms with Crippen molar-refractivity contribution in [3.63, 3.8) is 0 Å². The Kier molecular flexibility index (Phi) is 10.2. The fourth-order valence-corrected chi connectivity index (χ4v) is 3.91. The standard InChI is InChI=1S/C26H36N4O5/c1-4-33-22-16-21(17-23(34-5-2)25(22)35-6-3)26(32)28-27-24(31)19-30-14-12-29(13-15-30)18-20-10-8-7-9-11-20/h7-11,16-17H,4-6,12-15,18-19H2,1-3H3,(H,27,31)(H,28,32). The van der Waals surface area contributed by atoms with E-state index in [1.54, 1.807) is 12.1 Å². The third-order valence-electron chi connectivity index (χ3n) is 5.57. The summed E-state index contributed by atoms with van der Waals surface area (Å²) in [6.45, 7) is 11.3. The molecule has 35 heavy (non-hydrogen) atoms. The average molecular weight is 485 g/mol. The smallest absolute Gasteiger partial charge is 0.269 e. The molecule has 190 valence electrons. The first-order chi connectivity index (χ1) is 17.0. The van der Waals surface area contributed by atoms with Crippen LogP contribution in [0.3, 0.4) is 0 Å². The van der Waals surface area contributed by atoms with Gasteiger partial charge in [-0.25, -0.2) is 0 Å². The first-order valence-electron chi connectivity index (χ1n) is 12.2. The number of hydrogen-bond acceptors (Lipinski definition) is 7. The molecule has 1 aliphatic heterocycles. The van der Waals surface area contributed by atoms with Crippen molar-refractivity contribution in [3.8, 4) is 17.2 Å². The van der Waals surface area contributed by atoms with Crippen LogP contribution in [0.25, 0.3) is 0 Å². The summed E-state index contributed by atoms with van der Waals surface area (Å²) >= 11 is 0. The van der Waals surface area contributed by atoms with E-state index >= 15 is 0 Å². The van der Waals surface area contributed by atoms with E-state index in [-0.39, 0.29) is 12.5 Å². The van der Waals surface area contributed by atoms with Crippen LogP contribution in [0.1, 0.15) is 36.7 Å². The third-order valence-corrected chi connectivity index (χ3v) is 5.57. The van der Waals surface area contributed by atoms with Crippen molar-refractivity contribution >= 4 is 11.8 Å². The molecular formula is C26H36N4O5. The molecule has 0 aliphatic carbocycles. The Labute approximate surface area is 207 Å². The van der Waals surface area contributed by atoms with Crippen LogP contribution in [-0.2, 0) is 11.3 Å². The van der Waals surface area contributed by atoms with Gasteiger partial charge in [-0.3, -0.25) is 30.2 Å². The maximum atomic E-state index is 12.7. The molecule has 1 fully saturated rings. The Bertz CT molecular complexity index is 934. The topological polar surface area (TPSA) is 92.4 Å². The SMILES string of the molecule is CCOc1cc(C(=O)NNC(=O)CN2CCN(Cc3ccccc3)CC2)cc(OCC)c1OCC. The monoisotopic (exact) mass is 484 g/mol. The molecule has 0 bridgehead atoms. The van der Waals surface area contributed by atoms with Gasteiger partial charge in [0.05, 0.1) is 26.4 Å². The van der Waals surface area contributed by atoms with Gasteiger partial charge in [0.1, 0.15) is 0 Å². The lowest BCUT2D eigenvalue weighted by Gasteiger charge is -2.34. The Morgan fingerprint density at radius 2 is 1.37 bits per heavy atom. The molecule has 0 saturated carbocycles. The number of nitrogens with zero attached hydrogens (tertiary/aromatic N) is 2. The molecule has 2 aromatic carbocycles. The highest BCUT2D eigenvalue weighted by Crippen LogP contribution is 2.39. The van der Waals surface area contributed by atoms with Crippen LogP contribution >= 0.6 is 0 Å². The van der Waals surface area contributed by atoms with Gasteiger partial charge in [0.15, 0.2) is 11.5 Å². The summed E-state index contributed by atoms with van der Waals surface area (Å²) in [5.41, 5.74) is 6.60. The molecule has 2 N–H and O–H groups in total. The molecule has 0 spiro atoms. The second-order valence-corrected chi connectivity index (χ2v) is 8.14. The van der Waals surface area contributed by atoms with Crippen LogP contribution < -0.4 is 25.1 Å². The van der Waals surface area contributed by atoms with Gasteiger partial charge in [-0.1, -0.05) is 30.3 Å². The van der Waals surface area contributed by atoms with Crippen molar-refractivity contribution in [1.82, 2.24) is 20.7 Å². The second-order valence-electron chi connectivity index (χ2n) is 8.14. The number of hydrazine groups is 1. The molecule has 0 aromatic heterocycles. The average Bonchev–Trinajstić information content (AvgIpc) is 2.86. The molecule has 2 amide bonds. The van der Waals surface area contributed by atoms with Gasteiger partial charge in [-0.2, -0.15) is 0 Å². The zero-order valence-corrected chi connectivity index (χ0v) is 20.8. The summed E-state index contributed by atoms with van der Waals surface area (Å²) in [5.74, 6) is 0.574. The van der Waals surface area contributed by atoms with Crippen LogP contribution in [0.5, 0.6) is 17.2 Å². The number of amides is 2. The molecule has 0 unspecified atom stereocenters. The molecule has 9 heteroatoms. The van der Waals surface area contributed by atoms with E-state index in [4.69, 9.17) is 14.2 Å². The lowest BCUT2D eigenvalue weighted by Crippen LogP contribution is -2.51. The minimum atomic E-state index is -0.462. The van der Waals surface area contributed by atoms with Crippen molar-refractivity contribution in [2.75, 3.05) is 52.5 Å². The van der Waals surface area contributed by atoms with Crippen molar-refractivity contribution in [1.29, 1.82) is 0 Å². The minimum absolute atomic E-state index is 0.219. The molecule has 0 atom stereocenters. The van der Waals surface area contributed by atoms with E-state index in [0.29, 0.717) is 42.6 Å². The molecule has 0 radical (unpaired) electrons. The first-order valence-corrected chi connectivity index (χ1v) is 12.2. The third kappa shape index (κ3) is 7.87. The van der Waals surface area contributed by atoms with Gasteiger partial charge in [-0.05, 0) is 38.5 Å². The zero-order chi connectivity index (χ0) is 25.0. The Morgan fingerprint density at radius 3 is 1.94 bits per heavy atom. The molecule has 1 saturated heterocycles. The largest absolute Gasteiger partial charge is 0.490 e. The fourth-order valence-electron chi connectivity index (χ4n) is 3.91. The number of nitrogens with one attached hydrogen (secondary N) is 2. The maximum absolute atomic E-state index is 12.7. The van der Waals surface area contributed by atoms with Crippen molar-refractivity contribution in [2.24, 2.45) is 0 Å². The summed E-state index contributed by atoms with van der Waals surface area (Å²) in [6, 6.07) is 13.5. The van der Waals surface area contributed by atoms with Crippen LogP contribution in [-0.4, -0.2) is 74.2 Å². The van der Waals surface area contributed by atoms with E-state index in [0.717, 1.165) is 32.7 Å². The predicted octanol–water partition coefficient (Wildman–Crippen LogP) is 2.46. The number of benzene rings is 2. The van der Waals surface area contributed by atoms with Gasteiger partial charge >= 0.3 is 0 Å². The van der Waals surface area contributed by atoms with Crippen LogP contribution in [0.2, 0.25) is 0 Å². The Morgan fingerprint density at radius 1 is 0.800 bits per heavy atom. The first kappa shape index (κ1) is 26.3. The summed E-state index contributed by atoms with van der Waals surface area (Å²) in [7, 11) is 0. The summed E-state index contributed by atoms with van der Waals surface area (Å²) in [6.07, 6.45) is 0. The van der Waals surface area contributed by atoms with Crippen LogP contribution in [0.15, 0.2) is 42.5 Å². The van der Waals surface area contributed by atoms with E-state index < -0.39 is 5.91 Å². The lowest BCUT2D eigenvalue weighted by atomic mass is 10.1. The molecular weight excluding hydrogens is 448 g/mol. The summed E-state index contributed by atoms with van der Waals surface area (Å²) in [4.78, 5) is 29.7. The van der Waals surface area contributed by atoms with Crippen LogP contribution in [0.4, 0.5) is 0 Å². The number of rotatable bonds is 11. The highest BCUT2D eigenvalue weighted by Gasteiger charge is 2.21. The van der Waals surface area contributed by atoms with E-state index in [1.165, 1.54) is 5.56 Å². The van der Waals surface area contributed by atoms with E-state index in [2.05, 4.69) is 32.8 Å². The molecule has 3 rings (SSSR count). The van der Waals surface area contributed by atoms with E-state index in [1.807, 2.05) is 39.0 Å². The number of hydrogen-bond donors (Lipinski definition) is 2. The second kappa shape index (κ2) is 13.6. The van der Waals surface area contributed by atoms with Crippen molar-refractivity contribution < 1.29 is 23.8 Å². The maximum Gasteiger partial charge on any atom is 0.269 e. The summed E-state index contributed by atoms with van der Waals surface area (Å²) < 4.78 is 17.0. The molecule has 1 aliphatic rings. The number of carbonyl (C=O) groups excluding carboxylic acids is 2. The van der Waals surface area contributed by atoms with Gasteiger partial charge in [-0.15, -0.1) is 0 Å². The molecule has 1 heterocycles. The van der Waals surface area contributed by atoms with Gasteiger partial charge < -0.3 is 14.2 Å². The number of carbonyl (C=O) groups is 2. The normalized spacial score (nSPS) is 14.3. The van der Waals surface area contributed by atoms with E-state index in [9.17, 15) is 9.59 Å². The Balaban J connectivity index is 1.50. The van der Waals surface area contributed by atoms with Gasteiger partial charge in [0, 0.05) is 38.3 Å². The fraction of sp³-hybridized carbons (Fsp3) is 0.462. The van der Waals surface area contributed by atoms with Crippen molar-refractivity contribution in [2.45, 2.75) is 27.3 Å². The highest BCUT2D eigenvalue weighted by molar-refractivity contribution is 5.96. The molecule has 2 aromatic rings. The molecule has 9 nitrogen and oxygen atoms in total. The zero-order valence-electron chi connectivity index (χ0n) is 20.8. The predicted molar refractivity (Wildman–Crippen MR) is 134 cm³/mol. The van der Waals surface area contributed by atoms with Gasteiger partial charge in [0.2, 0.25) is 5.75 Å². The van der Waals surface area contributed by atoms with Crippen LogP contribution in [0, 0.1) is 0 Å². The highest BCUT2D eigenvalue weighted by atomic mass is 16.5. The quantitative estimate of drug-likeness (QED) is 0.474. The Hall–Kier alpha value is -3.30. The van der Waals surface area contributed by atoms with Gasteiger partial charge in [0.25, 0.3) is 11.8 Å². The summed E-state index contributed by atoms with van der Waals surface area (Å²) in [5, 5.41) is 0. The minimum Gasteiger partial charge on any atom is -0.490 e. The van der Waals surface area contributed by atoms with Crippen molar-refractivity contribution in [3.05, 3.63) is 53.6 Å². The number of ether oxygens (including phenoxy) is 3.